The molecule has 0 aliphatic carbocycles. The minimum absolute atomic E-state index is 0.102. The predicted octanol–water partition coefficient (Wildman–Crippen LogP) is 4.34. The van der Waals surface area contributed by atoms with Crippen molar-refractivity contribution in [3.05, 3.63) is 23.3 Å². The van der Waals surface area contributed by atoms with Gasteiger partial charge in [-0.3, -0.25) is 0 Å². The molecule has 1 aromatic rings. The minimum atomic E-state index is 0.102. The van der Waals surface area contributed by atoms with Crippen molar-refractivity contribution in [3.8, 4) is 11.5 Å². The first-order valence-corrected chi connectivity index (χ1v) is 6.76. The lowest BCUT2D eigenvalue weighted by atomic mass is 9.78. The summed E-state index contributed by atoms with van der Waals surface area (Å²) in [6.07, 6.45) is 3.30. The number of aryl methyl sites for hydroxylation is 1. The van der Waals surface area contributed by atoms with E-state index >= 15 is 0 Å². The molecular formula is C16H26O2. The van der Waals surface area contributed by atoms with Crippen molar-refractivity contribution in [2.45, 2.75) is 52.4 Å². The molecule has 0 saturated heterocycles. The fraction of sp³-hybridized carbons (Fsp3) is 0.625. The Balaban J connectivity index is 3.48. The summed E-state index contributed by atoms with van der Waals surface area (Å²) in [7, 11) is 3.42. The van der Waals surface area contributed by atoms with Gasteiger partial charge in [0.05, 0.1) is 14.2 Å². The molecule has 0 N–H and O–H groups in total. The van der Waals surface area contributed by atoms with E-state index in [4.69, 9.17) is 9.47 Å². The smallest absolute Gasteiger partial charge is 0.164 e. The van der Waals surface area contributed by atoms with Gasteiger partial charge in [-0.15, -0.1) is 0 Å². The van der Waals surface area contributed by atoms with E-state index in [0.717, 1.165) is 30.8 Å². The zero-order chi connectivity index (χ0) is 13.8. The number of benzene rings is 1. The molecule has 0 atom stereocenters. The lowest BCUT2D eigenvalue weighted by Crippen LogP contribution is -2.19. The lowest BCUT2D eigenvalue weighted by molar-refractivity contribution is 0.340. The largest absolute Gasteiger partial charge is 0.493 e. The van der Waals surface area contributed by atoms with E-state index in [0.29, 0.717) is 0 Å². The second kappa shape index (κ2) is 6.12. The van der Waals surface area contributed by atoms with Gasteiger partial charge >= 0.3 is 0 Å². The average Bonchev–Trinajstić information content (AvgIpc) is 2.38. The van der Waals surface area contributed by atoms with Crippen LogP contribution < -0.4 is 9.47 Å². The Labute approximate surface area is 111 Å². The highest BCUT2D eigenvalue weighted by Crippen LogP contribution is 2.42. The van der Waals surface area contributed by atoms with Crippen LogP contribution in [0.1, 0.15) is 51.7 Å². The highest BCUT2D eigenvalue weighted by atomic mass is 16.5. The first kappa shape index (κ1) is 14.9. The van der Waals surface area contributed by atoms with Gasteiger partial charge in [0.1, 0.15) is 0 Å². The van der Waals surface area contributed by atoms with Crippen LogP contribution in [-0.2, 0) is 11.8 Å². The summed E-state index contributed by atoms with van der Waals surface area (Å²) < 4.78 is 11.0. The highest BCUT2D eigenvalue weighted by molar-refractivity contribution is 5.54. The van der Waals surface area contributed by atoms with E-state index in [1.54, 1.807) is 14.2 Å². The Morgan fingerprint density at radius 2 is 1.72 bits per heavy atom. The van der Waals surface area contributed by atoms with Crippen LogP contribution in [0.25, 0.3) is 0 Å². The SMILES string of the molecule is CCCc1ccc(OC)c(OC)c1C(C)(C)CC. The lowest BCUT2D eigenvalue weighted by Gasteiger charge is -2.29. The quantitative estimate of drug-likeness (QED) is 0.747. The molecule has 0 heterocycles. The van der Waals surface area contributed by atoms with Crippen molar-refractivity contribution >= 4 is 0 Å². The van der Waals surface area contributed by atoms with E-state index in [2.05, 4.69) is 33.8 Å². The van der Waals surface area contributed by atoms with Gasteiger partial charge in [-0.25, -0.2) is 0 Å². The summed E-state index contributed by atoms with van der Waals surface area (Å²) in [5.41, 5.74) is 2.78. The third-order valence-corrected chi connectivity index (χ3v) is 3.71. The van der Waals surface area contributed by atoms with Crippen molar-refractivity contribution < 1.29 is 9.47 Å². The van der Waals surface area contributed by atoms with Crippen LogP contribution in [0.5, 0.6) is 11.5 Å². The maximum Gasteiger partial charge on any atom is 0.164 e. The predicted molar refractivity (Wildman–Crippen MR) is 76.9 cm³/mol. The van der Waals surface area contributed by atoms with Crippen molar-refractivity contribution in [3.63, 3.8) is 0 Å². The van der Waals surface area contributed by atoms with E-state index in [-0.39, 0.29) is 5.41 Å². The second-order valence-corrected chi connectivity index (χ2v) is 5.32. The zero-order valence-corrected chi connectivity index (χ0v) is 12.6. The molecule has 0 saturated carbocycles. The first-order chi connectivity index (χ1) is 8.51. The molecule has 0 amide bonds. The maximum absolute atomic E-state index is 5.62. The summed E-state index contributed by atoms with van der Waals surface area (Å²) >= 11 is 0. The molecule has 2 heteroatoms. The average molecular weight is 250 g/mol. The van der Waals surface area contributed by atoms with Gasteiger partial charge in [0.25, 0.3) is 0 Å². The van der Waals surface area contributed by atoms with Crippen molar-refractivity contribution in [2.24, 2.45) is 0 Å². The Morgan fingerprint density at radius 3 is 2.17 bits per heavy atom. The molecule has 18 heavy (non-hydrogen) atoms. The molecule has 0 aromatic heterocycles. The monoisotopic (exact) mass is 250 g/mol. The second-order valence-electron chi connectivity index (χ2n) is 5.32. The fourth-order valence-electron chi connectivity index (χ4n) is 2.36. The fourth-order valence-corrected chi connectivity index (χ4v) is 2.36. The normalized spacial score (nSPS) is 11.4. The van der Waals surface area contributed by atoms with Crippen molar-refractivity contribution in [2.75, 3.05) is 14.2 Å². The summed E-state index contributed by atoms with van der Waals surface area (Å²) in [5, 5.41) is 0. The zero-order valence-electron chi connectivity index (χ0n) is 12.6. The van der Waals surface area contributed by atoms with Gasteiger partial charge in [-0.05, 0) is 29.9 Å². The van der Waals surface area contributed by atoms with Gasteiger partial charge in [-0.2, -0.15) is 0 Å². The molecule has 1 aromatic carbocycles. The van der Waals surface area contributed by atoms with Gasteiger partial charge in [0.2, 0.25) is 0 Å². The Bertz CT molecular complexity index is 394. The number of rotatable bonds is 6. The van der Waals surface area contributed by atoms with Crippen LogP contribution >= 0.6 is 0 Å². The standard InChI is InChI=1S/C16H26O2/c1-7-9-12-10-11-13(17-5)15(18-6)14(12)16(3,4)8-2/h10-11H,7-9H2,1-6H3. The molecule has 102 valence electrons. The van der Waals surface area contributed by atoms with E-state index in [9.17, 15) is 0 Å². The Kier molecular flexibility index (Phi) is 5.06. The number of methoxy groups -OCH3 is 2. The summed E-state index contributed by atoms with van der Waals surface area (Å²) in [4.78, 5) is 0. The third-order valence-electron chi connectivity index (χ3n) is 3.71. The van der Waals surface area contributed by atoms with Crippen LogP contribution in [0.15, 0.2) is 12.1 Å². The molecule has 0 unspecified atom stereocenters. The Morgan fingerprint density at radius 1 is 1.06 bits per heavy atom. The minimum Gasteiger partial charge on any atom is -0.493 e. The van der Waals surface area contributed by atoms with Gasteiger partial charge in [0.15, 0.2) is 11.5 Å². The summed E-state index contributed by atoms with van der Waals surface area (Å²) in [5.74, 6) is 1.73. The van der Waals surface area contributed by atoms with Crippen LogP contribution in [0.4, 0.5) is 0 Å². The van der Waals surface area contributed by atoms with E-state index < -0.39 is 0 Å². The van der Waals surface area contributed by atoms with Gasteiger partial charge in [-0.1, -0.05) is 40.2 Å². The van der Waals surface area contributed by atoms with E-state index in [1.807, 2.05) is 6.07 Å². The molecule has 0 radical (unpaired) electrons. The van der Waals surface area contributed by atoms with Gasteiger partial charge < -0.3 is 9.47 Å². The van der Waals surface area contributed by atoms with Crippen LogP contribution in [-0.4, -0.2) is 14.2 Å². The molecule has 0 aliphatic heterocycles. The van der Waals surface area contributed by atoms with Crippen LogP contribution in [0.2, 0.25) is 0 Å². The molecule has 0 bridgehead atoms. The van der Waals surface area contributed by atoms with Crippen molar-refractivity contribution in [1.29, 1.82) is 0 Å². The number of hydrogen-bond donors (Lipinski definition) is 0. The van der Waals surface area contributed by atoms with Crippen LogP contribution in [0.3, 0.4) is 0 Å². The van der Waals surface area contributed by atoms with E-state index in [1.165, 1.54) is 11.1 Å². The van der Waals surface area contributed by atoms with Gasteiger partial charge in [0, 0.05) is 5.56 Å². The third kappa shape index (κ3) is 2.80. The Hall–Kier alpha value is -1.18. The number of ether oxygens (including phenoxy) is 2. The maximum atomic E-state index is 5.62. The van der Waals surface area contributed by atoms with Crippen molar-refractivity contribution in [1.82, 2.24) is 0 Å². The molecular weight excluding hydrogens is 224 g/mol. The van der Waals surface area contributed by atoms with Crippen LogP contribution in [0, 0.1) is 0 Å². The first-order valence-electron chi connectivity index (χ1n) is 6.76. The molecule has 0 fully saturated rings. The molecule has 0 spiro atoms. The molecule has 1 rings (SSSR count). The number of hydrogen-bond acceptors (Lipinski definition) is 2. The molecule has 0 aliphatic rings. The topological polar surface area (TPSA) is 18.5 Å². The highest BCUT2D eigenvalue weighted by Gasteiger charge is 2.27. The summed E-state index contributed by atoms with van der Waals surface area (Å²) in [6.45, 7) is 8.96. The summed E-state index contributed by atoms with van der Waals surface area (Å²) in [6, 6.07) is 4.19. The molecule has 2 nitrogen and oxygen atoms in total.